The Morgan fingerprint density at radius 2 is 0.840 bits per heavy atom. The van der Waals surface area contributed by atoms with Crippen LogP contribution in [0.3, 0.4) is 0 Å². The molecule has 0 bridgehead atoms. The summed E-state index contributed by atoms with van der Waals surface area (Å²) in [7, 11) is 0. The second-order valence-corrected chi connectivity index (χ2v) is 20.9. The normalized spacial score (nSPS) is 10.1. The number of nitrogens with zero attached hydrogens (tertiary/aromatic N) is 1. The minimum absolute atomic E-state index is 0.183. The van der Waals surface area contributed by atoms with Crippen LogP contribution in [0.2, 0.25) is 5.02 Å². The quantitative estimate of drug-likeness (QED) is 0.131. The summed E-state index contributed by atoms with van der Waals surface area (Å²) in [6, 6.07) is 62.7. The summed E-state index contributed by atoms with van der Waals surface area (Å²) in [6.07, 6.45) is -3.08. The molecule has 0 aromatic heterocycles. The first kappa shape index (κ1) is 66.7. The van der Waals surface area contributed by atoms with Gasteiger partial charge in [0.2, 0.25) is 0 Å². The van der Waals surface area contributed by atoms with E-state index in [2.05, 4.69) is 208 Å². The molecule has 0 aliphatic heterocycles. The van der Waals surface area contributed by atoms with Crippen LogP contribution >= 0.6 is 27.5 Å². The van der Waals surface area contributed by atoms with Crippen molar-refractivity contribution in [1.82, 2.24) is 0 Å². The van der Waals surface area contributed by atoms with Crippen molar-refractivity contribution in [1.29, 1.82) is 0 Å². The van der Waals surface area contributed by atoms with Crippen LogP contribution in [0.15, 0.2) is 199 Å². The molecular formula is C67H80BrClF3NO2. The molecule has 0 fully saturated rings. The van der Waals surface area contributed by atoms with Crippen molar-refractivity contribution in [2.75, 3.05) is 0 Å². The fourth-order valence-electron chi connectivity index (χ4n) is 6.21. The Labute approximate surface area is 462 Å². The Morgan fingerprint density at radius 1 is 0.493 bits per heavy atom. The van der Waals surface area contributed by atoms with Crippen molar-refractivity contribution >= 4 is 33.2 Å². The van der Waals surface area contributed by atoms with Gasteiger partial charge in [0.1, 0.15) is 0 Å². The van der Waals surface area contributed by atoms with Crippen LogP contribution in [-0.4, -0.2) is 4.92 Å². The van der Waals surface area contributed by atoms with Crippen LogP contribution in [0.1, 0.15) is 120 Å². The Kier molecular flexibility index (Phi) is 31.2. The highest BCUT2D eigenvalue weighted by Crippen LogP contribution is 2.31. The number of aryl methyl sites for hydroxylation is 10. The molecular weight excluding hydrogens is 1020 g/mol. The predicted molar refractivity (Wildman–Crippen MR) is 321 cm³/mol. The molecule has 3 nitrogen and oxygen atoms in total. The summed E-state index contributed by atoms with van der Waals surface area (Å²) in [6.45, 7) is 31.1. The number of para-hydroxylation sites is 1. The van der Waals surface area contributed by atoms with Crippen molar-refractivity contribution in [3.63, 3.8) is 0 Å². The molecule has 0 saturated heterocycles. The van der Waals surface area contributed by atoms with Gasteiger partial charge in [-0.1, -0.05) is 266 Å². The minimum atomic E-state index is -4.22. The van der Waals surface area contributed by atoms with Gasteiger partial charge in [-0.05, 0) is 132 Å². The topological polar surface area (TPSA) is 43.1 Å². The number of nitro groups is 1. The maximum atomic E-state index is 12.0. The number of hydrogen-bond acceptors (Lipinski definition) is 2. The summed E-state index contributed by atoms with van der Waals surface area (Å²) < 4.78 is 37.3. The summed E-state index contributed by atoms with van der Waals surface area (Å²) in [5.41, 5.74) is 14.2. The summed E-state index contributed by atoms with van der Waals surface area (Å²) in [5.74, 6) is 0.653. The van der Waals surface area contributed by atoms with Gasteiger partial charge in [-0.15, -0.1) is 0 Å². The number of nitro benzene ring substituents is 1. The van der Waals surface area contributed by atoms with Crippen molar-refractivity contribution < 1.29 is 18.1 Å². The summed E-state index contributed by atoms with van der Waals surface area (Å²) >= 11 is 9.05. The van der Waals surface area contributed by atoms with E-state index >= 15 is 0 Å². The molecule has 8 heteroatoms. The third-order valence-electron chi connectivity index (χ3n) is 11.3. The molecule has 0 saturated carbocycles. The fraction of sp³-hybridized carbons (Fsp3) is 0.284. The summed E-state index contributed by atoms with van der Waals surface area (Å²) in [4.78, 5) is 9.85. The Hall–Kier alpha value is -6.28. The smallest absolute Gasteiger partial charge is 0.258 e. The lowest BCUT2D eigenvalue weighted by Crippen LogP contribution is -2.10. The number of hydrogen-bond donors (Lipinski definition) is 0. The van der Waals surface area contributed by atoms with Crippen LogP contribution in [0.4, 0.5) is 18.9 Å². The molecule has 0 N–H and O–H groups in total. The van der Waals surface area contributed by atoms with Gasteiger partial charge in [0.15, 0.2) is 0 Å². The van der Waals surface area contributed by atoms with E-state index in [-0.39, 0.29) is 21.6 Å². The molecule has 0 unspecified atom stereocenters. The second-order valence-electron chi connectivity index (χ2n) is 19.6. The first-order chi connectivity index (χ1) is 35.1. The molecule has 0 heterocycles. The largest absolute Gasteiger partial charge is 0.416 e. The molecule has 8 aromatic rings. The molecule has 0 spiro atoms. The zero-order valence-corrected chi connectivity index (χ0v) is 49.3. The lowest BCUT2D eigenvalue weighted by atomic mass is 9.87. The summed E-state index contributed by atoms with van der Waals surface area (Å²) in [5, 5.41) is 11.1. The molecule has 0 aliphatic carbocycles. The third kappa shape index (κ3) is 30.0. The fourth-order valence-corrected chi connectivity index (χ4v) is 6.61. The van der Waals surface area contributed by atoms with Gasteiger partial charge in [0.05, 0.1) is 10.5 Å². The zero-order chi connectivity index (χ0) is 56.7. The van der Waals surface area contributed by atoms with Crippen molar-refractivity contribution in [3.05, 3.63) is 286 Å². The highest BCUT2D eigenvalue weighted by atomic mass is 79.9. The monoisotopic (exact) mass is 1100 g/mol. The van der Waals surface area contributed by atoms with E-state index in [1.807, 2.05) is 43.3 Å². The van der Waals surface area contributed by atoms with E-state index in [9.17, 15) is 23.3 Å². The van der Waals surface area contributed by atoms with Gasteiger partial charge in [0.25, 0.3) is 5.69 Å². The molecule has 400 valence electrons. The van der Waals surface area contributed by atoms with Crippen molar-refractivity contribution in [2.24, 2.45) is 0 Å². The second kappa shape index (κ2) is 35.1. The van der Waals surface area contributed by atoms with E-state index in [1.54, 1.807) is 31.2 Å². The molecule has 8 rings (SSSR count). The molecule has 75 heavy (non-hydrogen) atoms. The van der Waals surface area contributed by atoms with E-state index in [4.69, 9.17) is 11.6 Å². The maximum Gasteiger partial charge on any atom is 0.416 e. The van der Waals surface area contributed by atoms with Gasteiger partial charge in [-0.2, -0.15) is 13.2 Å². The van der Waals surface area contributed by atoms with Crippen LogP contribution in [-0.2, 0) is 18.0 Å². The third-order valence-corrected chi connectivity index (χ3v) is 12.2. The first-order valence-corrected chi connectivity index (χ1v) is 26.3. The molecule has 0 radical (unpaired) electrons. The predicted octanol–water partition coefficient (Wildman–Crippen LogP) is 21.6. The Bertz CT molecular complexity index is 2690. The molecule has 8 aromatic carbocycles. The molecule has 0 aliphatic rings. The minimum Gasteiger partial charge on any atom is -0.258 e. The number of halogens is 5. The Balaban J connectivity index is 0.000000430. The van der Waals surface area contributed by atoms with E-state index in [0.29, 0.717) is 11.5 Å². The van der Waals surface area contributed by atoms with Crippen LogP contribution in [0.25, 0.3) is 0 Å². The van der Waals surface area contributed by atoms with Gasteiger partial charge in [-0.25, -0.2) is 0 Å². The number of rotatable bonds is 3. The highest BCUT2D eigenvalue weighted by molar-refractivity contribution is 9.10. The lowest BCUT2D eigenvalue weighted by Gasteiger charge is -2.18. The first-order valence-electron chi connectivity index (χ1n) is 25.1. The van der Waals surface area contributed by atoms with Crippen molar-refractivity contribution in [3.8, 4) is 0 Å². The van der Waals surface area contributed by atoms with Crippen LogP contribution < -0.4 is 0 Å². The van der Waals surface area contributed by atoms with Crippen molar-refractivity contribution in [2.45, 2.75) is 128 Å². The van der Waals surface area contributed by atoms with E-state index in [0.717, 1.165) is 27.5 Å². The SMILES string of the molecule is CCc1ccc(C)cc1.Cc1ccc(Br)cc1.Cc1ccc(C(C)(C)C)cc1.Cc1ccc(C(C)C)cc1.Cc1ccc(C)cc1.Cc1ccccc1C(F)(F)F.Cc1ccccc1Cl.Cc1ccccc1[N+](=O)[O-]. The van der Waals surface area contributed by atoms with Gasteiger partial charge in [-0.3, -0.25) is 10.1 Å². The zero-order valence-electron chi connectivity index (χ0n) is 46.9. The molecule has 0 amide bonds. The van der Waals surface area contributed by atoms with E-state index < -0.39 is 11.7 Å². The van der Waals surface area contributed by atoms with Gasteiger partial charge < -0.3 is 0 Å². The van der Waals surface area contributed by atoms with Crippen LogP contribution in [0.5, 0.6) is 0 Å². The lowest BCUT2D eigenvalue weighted by molar-refractivity contribution is -0.385. The maximum absolute atomic E-state index is 12.0. The van der Waals surface area contributed by atoms with Crippen LogP contribution in [0, 0.1) is 72.4 Å². The average molecular weight is 1100 g/mol. The molecule has 0 atom stereocenters. The van der Waals surface area contributed by atoms with Gasteiger partial charge in [0, 0.05) is 21.1 Å². The Morgan fingerprint density at radius 3 is 1.13 bits per heavy atom. The number of alkyl halides is 3. The average Bonchev–Trinajstić information content (AvgIpc) is 3.36. The van der Waals surface area contributed by atoms with E-state index in [1.165, 1.54) is 75.2 Å². The standard InChI is InChI=1S/C11H16.C10H14.C9H12.C8H7F3.C8H10.C7H7Br.C7H7Cl.C7H7NO2/c1-9-5-7-10(8-6-9)11(2,3)4;1-8(2)10-6-4-9(3)5-7-10;1-3-9-6-4-8(2)5-7-9;1-6-4-2-3-5-7(6)8(9,10)11;1-7-3-5-8(2)6-4-7;1-6-2-4-7(8)5-3-6;1-6-4-2-3-5-7(6)8;1-6-4-2-3-5-7(6)8(9)10/h5-8H,1-4H3;4-8H,1-3H3;4-7H,3H2,1-2H3;2-5H,1H3;3-6H,1-2H3;2*2-5H,1H3;2-5H,1H3. The van der Waals surface area contributed by atoms with Gasteiger partial charge >= 0.3 is 6.18 Å². The highest BCUT2D eigenvalue weighted by Gasteiger charge is 2.31. The number of benzene rings is 8.